The van der Waals surface area contributed by atoms with Crippen LogP contribution in [0.4, 0.5) is 10.5 Å². The van der Waals surface area contributed by atoms with E-state index >= 15 is 0 Å². The molecule has 0 bridgehead atoms. The minimum absolute atomic E-state index is 0.0876. The summed E-state index contributed by atoms with van der Waals surface area (Å²) in [7, 11) is 0. The van der Waals surface area contributed by atoms with Gasteiger partial charge >= 0.3 is 6.03 Å². The van der Waals surface area contributed by atoms with Crippen LogP contribution in [0.25, 0.3) is 0 Å². The molecule has 1 aliphatic heterocycles. The lowest BCUT2D eigenvalue weighted by atomic mass is 10.0. The van der Waals surface area contributed by atoms with Crippen LogP contribution in [0, 0.1) is 5.92 Å². The molecule has 0 radical (unpaired) electrons. The number of piperidine rings is 1. The van der Waals surface area contributed by atoms with Crippen molar-refractivity contribution >= 4 is 23.3 Å². The number of hydrogen-bond donors (Lipinski definition) is 2. The lowest BCUT2D eigenvalue weighted by Crippen LogP contribution is -2.41. The first kappa shape index (κ1) is 13.0. The van der Waals surface area contributed by atoms with Crippen LogP contribution < -0.4 is 5.32 Å². The highest BCUT2D eigenvalue weighted by Gasteiger charge is 2.21. The Bertz CT molecular complexity index is 451. The molecule has 1 aliphatic rings. The molecule has 1 saturated heterocycles. The standard InChI is InChI=1S/C13H17ClN2O2/c1-9-3-2-6-16(8-9)13(18)15-12-5-4-10(17)7-11(12)14/h4-5,7,9,17H,2-3,6,8H2,1H3,(H,15,18). The number of nitrogens with zero attached hydrogens (tertiary/aromatic N) is 1. The molecule has 2 N–H and O–H groups in total. The minimum Gasteiger partial charge on any atom is -0.508 e. The number of rotatable bonds is 1. The average molecular weight is 269 g/mol. The Balaban J connectivity index is 2.02. The number of aromatic hydroxyl groups is 1. The predicted octanol–water partition coefficient (Wildman–Crippen LogP) is 3.31. The maximum Gasteiger partial charge on any atom is 0.321 e. The lowest BCUT2D eigenvalue weighted by molar-refractivity contribution is 0.182. The molecule has 1 heterocycles. The first-order valence-corrected chi connectivity index (χ1v) is 6.48. The molecular weight excluding hydrogens is 252 g/mol. The lowest BCUT2D eigenvalue weighted by Gasteiger charge is -2.31. The van der Waals surface area contributed by atoms with Crippen molar-refractivity contribution < 1.29 is 9.90 Å². The van der Waals surface area contributed by atoms with Crippen molar-refractivity contribution in [1.29, 1.82) is 0 Å². The van der Waals surface area contributed by atoms with Gasteiger partial charge < -0.3 is 15.3 Å². The zero-order valence-corrected chi connectivity index (χ0v) is 11.1. The summed E-state index contributed by atoms with van der Waals surface area (Å²) in [4.78, 5) is 13.8. The highest BCUT2D eigenvalue weighted by molar-refractivity contribution is 6.33. The van der Waals surface area contributed by atoms with E-state index < -0.39 is 0 Å². The summed E-state index contributed by atoms with van der Waals surface area (Å²) < 4.78 is 0. The summed E-state index contributed by atoms with van der Waals surface area (Å²) in [5.74, 6) is 0.629. The summed E-state index contributed by atoms with van der Waals surface area (Å²) in [6.45, 7) is 3.71. The van der Waals surface area contributed by atoms with Crippen LogP contribution >= 0.6 is 11.6 Å². The number of carbonyl (C=O) groups is 1. The number of nitrogens with one attached hydrogen (secondary N) is 1. The Hall–Kier alpha value is -1.42. The van der Waals surface area contributed by atoms with Gasteiger partial charge in [-0.1, -0.05) is 18.5 Å². The maximum atomic E-state index is 12.0. The molecule has 0 saturated carbocycles. The van der Waals surface area contributed by atoms with Gasteiger partial charge in [0.25, 0.3) is 0 Å². The molecule has 5 heteroatoms. The zero-order valence-electron chi connectivity index (χ0n) is 10.3. The van der Waals surface area contributed by atoms with Gasteiger partial charge in [0, 0.05) is 19.2 Å². The monoisotopic (exact) mass is 268 g/mol. The third-order valence-corrected chi connectivity index (χ3v) is 3.45. The van der Waals surface area contributed by atoms with Gasteiger partial charge in [-0.25, -0.2) is 4.79 Å². The predicted molar refractivity (Wildman–Crippen MR) is 72.1 cm³/mol. The summed E-state index contributed by atoms with van der Waals surface area (Å²) >= 11 is 5.95. The molecule has 1 unspecified atom stereocenters. The van der Waals surface area contributed by atoms with Gasteiger partial charge in [0.1, 0.15) is 5.75 Å². The number of phenolic OH excluding ortho intramolecular Hbond substituents is 1. The number of likely N-dealkylation sites (tertiary alicyclic amines) is 1. The van der Waals surface area contributed by atoms with Crippen molar-refractivity contribution in [2.75, 3.05) is 18.4 Å². The number of amides is 2. The molecule has 18 heavy (non-hydrogen) atoms. The van der Waals surface area contributed by atoms with Crippen molar-refractivity contribution in [1.82, 2.24) is 4.90 Å². The average Bonchev–Trinajstić information content (AvgIpc) is 2.32. The topological polar surface area (TPSA) is 52.6 Å². The Kier molecular flexibility index (Phi) is 3.97. The largest absolute Gasteiger partial charge is 0.508 e. The first-order chi connectivity index (χ1) is 8.56. The fourth-order valence-corrected chi connectivity index (χ4v) is 2.40. The number of urea groups is 1. The minimum atomic E-state index is -0.130. The van der Waals surface area contributed by atoms with Crippen molar-refractivity contribution in [2.24, 2.45) is 5.92 Å². The number of hydrogen-bond acceptors (Lipinski definition) is 2. The van der Waals surface area contributed by atoms with E-state index in [2.05, 4.69) is 12.2 Å². The van der Waals surface area contributed by atoms with Gasteiger partial charge in [-0.05, 0) is 30.9 Å². The second-order valence-electron chi connectivity index (χ2n) is 4.79. The second-order valence-corrected chi connectivity index (χ2v) is 5.19. The van der Waals surface area contributed by atoms with Gasteiger partial charge in [0.2, 0.25) is 0 Å². The molecule has 4 nitrogen and oxygen atoms in total. The summed E-state index contributed by atoms with van der Waals surface area (Å²) in [5.41, 5.74) is 0.526. The SMILES string of the molecule is CC1CCCN(C(=O)Nc2ccc(O)cc2Cl)C1. The maximum absolute atomic E-state index is 12.0. The molecule has 1 fully saturated rings. The summed E-state index contributed by atoms with van der Waals surface area (Å²) in [6, 6.07) is 4.38. The third-order valence-electron chi connectivity index (χ3n) is 3.14. The van der Waals surface area contributed by atoms with Crippen molar-refractivity contribution in [2.45, 2.75) is 19.8 Å². The van der Waals surface area contributed by atoms with Gasteiger partial charge in [-0.15, -0.1) is 0 Å². The zero-order chi connectivity index (χ0) is 13.1. The molecule has 0 spiro atoms. The molecule has 1 atom stereocenters. The van der Waals surface area contributed by atoms with Gasteiger partial charge in [0.05, 0.1) is 10.7 Å². The van der Waals surface area contributed by atoms with Crippen molar-refractivity contribution in [3.63, 3.8) is 0 Å². The van der Waals surface area contributed by atoms with E-state index in [1.165, 1.54) is 18.6 Å². The Morgan fingerprint density at radius 2 is 2.33 bits per heavy atom. The van der Waals surface area contributed by atoms with Crippen LogP contribution in [0.3, 0.4) is 0 Å². The highest BCUT2D eigenvalue weighted by atomic mass is 35.5. The third kappa shape index (κ3) is 3.07. The van der Waals surface area contributed by atoms with Crippen LogP contribution in [0.15, 0.2) is 18.2 Å². The van der Waals surface area contributed by atoms with E-state index in [1.54, 1.807) is 11.0 Å². The number of anilines is 1. The normalized spacial score (nSPS) is 19.7. The molecule has 0 aliphatic carbocycles. The summed E-state index contributed by atoms with van der Waals surface area (Å²) in [6.07, 6.45) is 2.21. The number of phenols is 1. The molecule has 98 valence electrons. The molecule has 2 rings (SSSR count). The van der Waals surface area contributed by atoms with Crippen LogP contribution in [-0.4, -0.2) is 29.1 Å². The Morgan fingerprint density at radius 1 is 1.56 bits per heavy atom. The second kappa shape index (κ2) is 5.48. The van der Waals surface area contributed by atoms with E-state index in [0.717, 1.165) is 19.5 Å². The number of benzene rings is 1. The summed E-state index contributed by atoms with van der Waals surface area (Å²) in [5, 5.41) is 12.4. The Morgan fingerprint density at radius 3 is 3.00 bits per heavy atom. The van der Waals surface area contributed by atoms with E-state index in [9.17, 15) is 9.90 Å². The smallest absolute Gasteiger partial charge is 0.321 e. The number of carbonyl (C=O) groups excluding carboxylic acids is 1. The van der Waals surface area contributed by atoms with Gasteiger partial charge in [-0.2, -0.15) is 0 Å². The fraction of sp³-hybridized carbons (Fsp3) is 0.462. The molecule has 1 aromatic rings. The molecule has 2 amide bonds. The highest BCUT2D eigenvalue weighted by Crippen LogP contribution is 2.26. The van der Waals surface area contributed by atoms with E-state index in [1.807, 2.05) is 0 Å². The van der Waals surface area contributed by atoms with Gasteiger partial charge in [-0.3, -0.25) is 0 Å². The van der Waals surface area contributed by atoms with Crippen LogP contribution in [0.1, 0.15) is 19.8 Å². The number of halogens is 1. The molecular formula is C13H17ClN2O2. The van der Waals surface area contributed by atoms with Crippen LogP contribution in [-0.2, 0) is 0 Å². The van der Waals surface area contributed by atoms with E-state index in [-0.39, 0.29) is 11.8 Å². The van der Waals surface area contributed by atoms with Crippen LogP contribution in [0.2, 0.25) is 5.02 Å². The molecule has 1 aromatic carbocycles. The van der Waals surface area contributed by atoms with E-state index in [0.29, 0.717) is 16.6 Å². The van der Waals surface area contributed by atoms with E-state index in [4.69, 9.17) is 11.6 Å². The quantitative estimate of drug-likeness (QED) is 0.768. The van der Waals surface area contributed by atoms with Crippen LogP contribution in [0.5, 0.6) is 5.75 Å². The fourth-order valence-electron chi connectivity index (χ4n) is 2.17. The first-order valence-electron chi connectivity index (χ1n) is 6.10. The van der Waals surface area contributed by atoms with Crippen molar-refractivity contribution in [3.05, 3.63) is 23.2 Å². The van der Waals surface area contributed by atoms with Gasteiger partial charge in [0.15, 0.2) is 0 Å². The Labute approximate surface area is 112 Å². The van der Waals surface area contributed by atoms with Crippen molar-refractivity contribution in [3.8, 4) is 5.75 Å². The molecule has 0 aromatic heterocycles.